The number of amides is 1. The van der Waals surface area contributed by atoms with Gasteiger partial charge in [-0.1, -0.05) is 51.8 Å². The van der Waals surface area contributed by atoms with E-state index in [9.17, 15) is 14.4 Å². The van der Waals surface area contributed by atoms with Crippen molar-refractivity contribution in [2.24, 2.45) is 7.05 Å². The maximum absolute atomic E-state index is 13.4. The number of unbranched alkanes of at least 4 members (excludes halogenated alkanes) is 1. The standard InChI is InChI=1S/C21H33N7O3S/c1-5-6-11-27-17(22)16(19(30)23-20(27)31)28(14-9-7-8-10-14)15(29)12-32-21-25-24-18(13(2)3)26(21)4/h13-14H,5-12,22H2,1-4H3,(H,23,30,31). The van der Waals surface area contributed by atoms with Crippen LogP contribution in [-0.4, -0.2) is 42.0 Å². The van der Waals surface area contributed by atoms with Gasteiger partial charge in [-0.05, 0) is 19.3 Å². The van der Waals surface area contributed by atoms with Crippen molar-refractivity contribution in [3.05, 3.63) is 26.7 Å². The molecule has 1 amide bonds. The van der Waals surface area contributed by atoms with Gasteiger partial charge < -0.3 is 15.2 Å². The molecule has 3 N–H and O–H groups in total. The average molecular weight is 464 g/mol. The van der Waals surface area contributed by atoms with Crippen molar-refractivity contribution in [3.63, 3.8) is 0 Å². The lowest BCUT2D eigenvalue weighted by molar-refractivity contribution is -0.116. The first-order chi connectivity index (χ1) is 15.3. The second-order valence-electron chi connectivity index (χ2n) is 8.54. The summed E-state index contributed by atoms with van der Waals surface area (Å²) < 4.78 is 3.24. The number of nitrogens with zero attached hydrogens (tertiary/aromatic N) is 5. The third-order valence-corrected chi connectivity index (χ3v) is 6.86. The fourth-order valence-electron chi connectivity index (χ4n) is 4.17. The van der Waals surface area contributed by atoms with Crippen LogP contribution in [0.3, 0.4) is 0 Å². The molecule has 1 aliphatic rings. The van der Waals surface area contributed by atoms with E-state index in [4.69, 9.17) is 5.73 Å². The smallest absolute Gasteiger partial charge is 0.330 e. The molecular weight excluding hydrogens is 430 g/mol. The number of hydrogen-bond acceptors (Lipinski definition) is 7. The fraction of sp³-hybridized carbons (Fsp3) is 0.667. The number of anilines is 2. The molecule has 0 saturated heterocycles. The van der Waals surface area contributed by atoms with Crippen LogP contribution in [0.15, 0.2) is 14.7 Å². The Morgan fingerprint density at radius 3 is 2.56 bits per heavy atom. The van der Waals surface area contributed by atoms with Crippen molar-refractivity contribution < 1.29 is 4.79 Å². The second-order valence-corrected chi connectivity index (χ2v) is 9.49. The molecule has 0 atom stereocenters. The van der Waals surface area contributed by atoms with Gasteiger partial charge in [-0.2, -0.15) is 0 Å². The molecule has 1 aliphatic carbocycles. The molecule has 2 heterocycles. The summed E-state index contributed by atoms with van der Waals surface area (Å²) in [4.78, 5) is 42.5. The molecule has 32 heavy (non-hydrogen) atoms. The number of thioether (sulfide) groups is 1. The summed E-state index contributed by atoms with van der Waals surface area (Å²) in [5.74, 6) is 0.978. The summed E-state index contributed by atoms with van der Waals surface area (Å²) in [5.41, 5.74) is 5.24. The van der Waals surface area contributed by atoms with Gasteiger partial charge in [0, 0.05) is 25.6 Å². The summed E-state index contributed by atoms with van der Waals surface area (Å²) in [7, 11) is 1.88. The van der Waals surface area contributed by atoms with E-state index >= 15 is 0 Å². The van der Waals surface area contributed by atoms with Crippen LogP contribution in [0.25, 0.3) is 0 Å². The van der Waals surface area contributed by atoms with Crippen LogP contribution >= 0.6 is 11.8 Å². The van der Waals surface area contributed by atoms with Gasteiger partial charge in [0.05, 0.1) is 5.75 Å². The van der Waals surface area contributed by atoms with Crippen molar-refractivity contribution in [1.29, 1.82) is 0 Å². The molecule has 0 bridgehead atoms. The minimum Gasteiger partial charge on any atom is -0.383 e. The van der Waals surface area contributed by atoms with E-state index in [1.54, 1.807) is 0 Å². The Bertz CT molecular complexity index is 1070. The van der Waals surface area contributed by atoms with E-state index in [0.717, 1.165) is 44.3 Å². The first kappa shape index (κ1) is 24.1. The molecular formula is C21H33N7O3S. The molecule has 2 aromatic rings. The molecule has 2 aromatic heterocycles. The van der Waals surface area contributed by atoms with Gasteiger partial charge in [0.2, 0.25) is 5.91 Å². The highest BCUT2D eigenvalue weighted by Gasteiger charge is 2.32. The highest BCUT2D eigenvalue weighted by molar-refractivity contribution is 7.99. The number of hydrogen-bond donors (Lipinski definition) is 2. The SMILES string of the molecule is CCCCn1c(N)c(N(C(=O)CSc2nnc(C(C)C)n2C)C2CCCC2)c(=O)[nH]c1=O. The van der Waals surface area contributed by atoms with Crippen molar-refractivity contribution in [1.82, 2.24) is 24.3 Å². The van der Waals surface area contributed by atoms with Crippen LogP contribution in [0.5, 0.6) is 0 Å². The number of carbonyl (C=O) groups excluding carboxylic acids is 1. The Morgan fingerprint density at radius 2 is 1.97 bits per heavy atom. The van der Waals surface area contributed by atoms with E-state index in [2.05, 4.69) is 15.2 Å². The molecule has 0 radical (unpaired) electrons. The predicted molar refractivity (Wildman–Crippen MR) is 126 cm³/mol. The molecule has 1 saturated carbocycles. The normalized spacial score (nSPS) is 14.4. The highest BCUT2D eigenvalue weighted by Crippen LogP contribution is 2.30. The Labute approximate surface area is 191 Å². The number of aromatic amines is 1. The minimum absolute atomic E-state index is 0.0539. The molecule has 3 rings (SSSR count). The van der Waals surface area contributed by atoms with Gasteiger partial charge in [-0.3, -0.25) is 19.1 Å². The largest absolute Gasteiger partial charge is 0.383 e. The van der Waals surface area contributed by atoms with Crippen molar-refractivity contribution in [2.75, 3.05) is 16.4 Å². The molecule has 0 aliphatic heterocycles. The first-order valence-corrected chi connectivity index (χ1v) is 12.2. The van der Waals surface area contributed by atoms with E-state index in [0.29, 0.717) is 11.7 Å². The molecule has 0 spiro atoms. The van der Waals surface area contributed by atoms with E-state index in [-0.39, 0.29) is 35.1 Å². The predicted octanol–water partition coefficient (Wildman–Crippen LogP) is 2.24. The molecule has 0 aromatic carbocycles. The lowest BCUT2D eigenvalue weighted by Crippen LogP contribution is -2.46. The van der Waals surface area contributed by atoms with Gasteiger partial charge in [-0.15, -0.1) is 10.2 Å². The first-order valence-electron chi connectivity index (χ1n) is 11.2. The number of aromatic nitrogens is 5. The second kappa shape index (κ2) is 10.4. The molecule has 11 heteroatoms. The van der Waals surface area contributed by atoms with Crippen LogP contribution in [-0.2, 0) is 18.4 Å². The Kier molecular flexibility index (Phi) is 7.81. The molecule has 0 unspecified atom stereocenters. The zero-order chi connectivity index (χ0) is 23.4. The number of H-pyrrole nitrogens is 1. The summed E-state index contributed by atoms with van der Waals surface area (Å²) in [6.45, 7) is 6.47. The van der Waals surface area contributed by atoms with E-state index in [1.165, 1.54) is 21.2 Å². The van der Waals surface area contributed by atoms with Gasteiger partial charge in [0.25, 0.3) is 5.56 Å². The zero-order valence-corrected chi connectivity index (χ0v) is 20.1. The number of nitrogens with two attached hydrogens (primary N) is 1. The number of nitrogen functional groups attached to an aromatic ring is 1. The summed E-state index contributed by atoms with van der Waals surface area (Å²) in [6.07, 6.45) is 5.17. The number of nitrogens with one attached hydrogen (secondary N) is 1. The van der Waals surface area contributed by atoms with Crippen molar-refractivity contribution in [3.8, 4) is 0 Å². The van der Waals surface area contributed by atoms with Crippen LogP contribution < -0.4 is 21.9 Å². The van der Waals surface area contributed by atoms with Gasteiger partial charge in [0.1, 0.15) is 11.6 Å². The van der Waals surface area contributed by atoms with Crippen molar-refractivity contribution in [2.45, 2.75) is 83.0 Å². The number of carbonyl (C=O) groups is 1. The summed E-state index contributed by atoms with van der Waals surface area (Å²) in [5, 5.41) is 9.05. The van der Waals surface area contributed by atoms with Crippen LogP contribution in [0, 0.1) is 0 Å². The zero-order valence-electron chi connectivity index (χ0n) is 19.3. The monoisotopic (exact) mass is 463 g/mol. The van der Waals surface area contributed by atoms with Crippen molar-refractivity contribution >= 4 is 29.2 Å². The van der Waals surface area contributed by atoms with E-state index in [1.807, 2.05) is 32.4 Å². The van der Waals surface area contributed by atoms with Crippen LogP contribution in [0.4, 0.5) is 11.5 Å². The molecule has 1 fully saturated rings. The molecule has 176 valence electrons. The lowest BCUT2D eigenvalue weighted by atomic mass is 10.2. The third kappa shape index (κ3) is 4.92. The number of rotatable bonds is 9. The topological polar surface area (TPSA) is 132 Å². The quantitative estimate of drug-likeness (QED) is 0.545. The van der Waals surface area contributed by atoms with E-state index < -0.39 is 11.2 Å². The average Bonchev–Trinajstić information content (AvgIpc) is 3.39. The van der Waals surface area contributed by atoms with Crippen LogP contribution in [0.2, 0.25) is 0 Å². The Balaban J connectivity index is 1.93. The summed E-state index contributed by atoms with van der Waals surface area (Å²) >= 11 is 1.28. The van der Waals surface area contributed by atoms with Gasteiger partial charge in [0.15, 0.2) is 10.8 Å². The molecule has 10 nitrogen and oxygen atoms in total. The Hall–Kier alpha value is -2.56. The van der Waals surface area contributed by atoms with Gasteiger partial charge >= 0.3 is 5.69 Å². The lowest BCUT2D eigenvalue weighted by Gasteiger charge is -2.29. The van der Waals surface area contributed by atoms with Crippen LogP contribution in [0.1, 0.15) is 71.0 Å². The maximum atomic E-state index is 13.4. The maximum Gasteiger partial charge on any atom is 0.330 e. The van der Waals surface area contributed by atoms with Gasteiger partial charge in [-0.25, -0.2) is 4.79 Å². The summed E-state index contributed by atoms with van der Waals surface area (Å²) in [6, 6.07) is -0.116. The Morgan fingerprint density at radius 1 is 1.28 bits per heavy atom. The third-order valence-electron chi connectivity index (χ3n) is 5.86. The highest BCUT2D eigenvalue weighted by atomic mass is 32.2. The fourth-order valence-corrected chi connectivity index (χ4v) is 4.95. The minimum atomic E-state index is -0.619.